The number of benzene rings is 4. The Morgan fingerprint density at radius 3 is 2.21 bits per heavy atom. The number of pyridine rings is 1. The zero-order chi connectivity index (χ0) is 39.0. The van der Waals surface area contributed by atoms with Crippen LogP contribution in [0.2, 0.25) is 0 Å². The van der Waals surface area contributed by atoms with Crippen LogP contribution in [0.5, 0.6) is 0 Å². The molecule has 0 bridgehead atoms. The fourth-order valence-corrected chi connectivity index (χ4v) is 7.47. The molecule has 0 radical (unpaired) electrons. The number of rotatable bonds is 17. The average molecular weight is 756 g/mol. The van der Waals surface area contributed by atoms with Gasteiger partial charge in [-0.1, -0.05) is 84.9 Å². The third kappa shape index (κ3) is 9.18. The Labute approximate surface area is 326 Å². The number of ether oxygens (including phenoxy) is 2. The Hall–Kier alpha value is -5.78. The number of anilines is 1. The fourth-order valence-electron chi connectivity index (χ4n) is 7.47. The van der Waals surface area contributed by atoms with Crippen LogP contribution >= 0.6 is 0 Å². The van der Waals surface area contributed by atoms with E-state index < -0.39 is 30.0 Å². The van der Waals surface area contributed by atoms with Gasteiger partial charge in [-0.3, -0.25) is 14.4 Å². The summed E-state index contributed by atoms with van der Waals surface area (Å²) < 4.78 is 13.5. The number of alkyl carbamates (subject to hydrolysis) is 1. The van der Waals surface area contributed by atoms with Crippen LogP contribution < -0.4 is 27.2 Å². The monoisotopic (exact) mass is 755 g/mol. The van der Waals surface area contributed by atoms with E-state index in [0.717, 1.165) is 57.1 Å². The standard InChI is InChI=1S/C45H49N5O6/c1-29-23-42(51)50(25-30-18-19-30)41-24-32(20-21-33(29)41)47-43(52)39(17-9-10-22-46)48-44(53)40(28-55-26-31-11-3-2-4-12-31)49-45(54)56-27-38-36-15-7-5-13-34(36)35-14-6-8-16-37(35)38/h2-8,11-16,20-21,23-24,30,38-40H,9-10,17-19,22,25-28,46H2,1H3,(H,47,52)(H,48,53)(H,49,54)/t39-,40-/m0/s1. The van der Waals surface area contributed by atoms with Crippen molar-refractivity contribution >= 4 is 34.5 Å². The molecule has 2 aliphatic rings. The van der Waals surface area contributed by atoms with Crippen LogP contribution in [-0.4, -0.2) is 54.3 Å². The van der Waals surface area contributed by atoms with Gasteiger partial charge in [0, 0.05) is 29.6 Å². The van der Waals surface area contributed by atoms with Crippen LogP contribution in [0.3, 0.4) is 0 Å². The number of unbranched alkanes of at least 4 members (excludes halogenated alkanes) is 1. The second-order valence-electron chi connectivity index (χ2n) is 14.8. The summed E-state index contributed by atoms with van der Waals surface area (Å²) in [6, 6.07) is 30.7. The van der Waals surface area contributed by atoms with Gasteiger partial charge in [0.15, 0.2) is 0 Å². The molecule has 7 rings (SSSR count). The second-order valence-corrected chi connectivity index (χ2v) is 14.8. The lowest BCUT2D eigenvalue weighted by molar-refractivity contribution is -0.129. The van der Waals surface area contributed by atoms with Gasteiger partial charge < -0.3 is 35.7 Å². The minimum Gasteiger partial charge on any atom is -0.449 e. The van der Waals surface area contributed by atoms with E-state index in [0.29, 0.717) is 44.0 Å². The molecule has 0 saturated heterocycles. The summed E-state index contributed by atoms with van der Waals surface area (Å²) in [5.41, 5.74) is 13.1. The van der Waals surface area contributed by atoms with Crippen molar-refractivity contribution in [2.75, 3.05) is 25.1 Å². The van der Waals surface area contributed by atoms with Gasteiger partial charge in [-0.05, 0) is 97.0 Å². The Kier molecular flexibility index (Phi) is 12.2. The molecular weight excluding hydrogens is 707 g/mol. The molecule has 5 aromatic rings. The summed E-state index contributed by atoms with van der Waals surface area (Å²) in [6.07, 6.45) is 2.97. The molecule has 290 valence electrons. The van der Waals surface area contributed by atoms with E-state index >= 15 is 0 Å². The van der Waals surface area contributed by atoms with E-state index in [4.69, 9.17) is 15.2 Å². The molecule has 56 heavy (non-hydrogen) atoms. The van der Waals surface area contributed by atoms with Gasteiger partial charge in [0.1, 0.15) is 18.7 Å². The zero-order valence-electron chi connectivity index (χ0n) is 31.7. The number of nitrogens with one attached hydrogen (secondary N) is 3. The van der Waals surface area contributed by atoms with Gasteiger partial charge in [0.2, 0.25) is 11.8 Å². The SMILES string of the molecule is Cc1cc(=O)n(CC2CC2)c2cc(NC(=O)[C@H](CCCCN)NC(=O)[C@H](COCc3ccccc3)NC(=O)OCC3c4ccccc4-c4ccccc43)ccc12. The Morgan fingerprint density at radius 1 is 0.821 bits per heavy atom. The molecule has 2 atom stereocenters. The van der Waals surface area contributed by atoms with E-state index in [1.165, 1.54) is 0 Å². The Bertz CT molecular complexity index is 2210. The highest BCUT2D eigenvalue weighted by Crippen LogP contribution is 2.44. The molecule has 11 nitrogen and oxygen atoms in total. The van der Waals surface area contributed by atoms with E-state index in [2.05, 4.69) is 28.1 Å². The largest absolute Gasteiger partial charge is 0.449 e. The summed E-state index contributed by atoms with van der Waals surface area (Å²) in [7, 11) is 0. The van der Waals surface area contributed by atoms with Crippen molar-refractivity contribution in [3.05, 3.63) is 136 Å². The second kappa shape index (κ2) is 17.8. The lowest BCUT2D eigenvalue weighted by Gasteiger charge is -2.24. The number of hydrogen-bond acceptors (Lipinski definition) is 7. The summed E-state index contributed by atoms with van der Waals surface area (Å²) in [5.74, 6) is -0.700. The summed E-state index contributed by atoms with van der Waals surface area (Å²) in [6.45, 7) is 3.10. The minimum atomic E-state index is -1.17. The molecule has 1 aromatic heterocycles. The number of fused-ring (bicyclic) bond motifs is 4. The van der Waals surface area contributed by atoms with Gasteiger partial charge in [-0.25, -0.2) is 4.79 Å². The first-order chi connectivity index (χ1) is 27.3. The first-order valence-electron chi connectivity index (χ1n) is 19.5. The molecule has 3 amide bonds. The number of carbonyl (C=O) groups is 3. The maximum Gasteiger partial charge on any atom is 0.407 e. The van der Waals surface area contributed by atoms with E-state index in [9.17, 15) is 19.2 Å². The third-order valence-corrected chi connectivity index (χ3v) is 10.7. The number of nitrogens with zero attached hydrogens (tertiary/aromatic N) is 1. The van der Waals surface area contributed by atoms with Crippen molar-refractivity contribution in [3.8, 4) is 11.1 Å². The Balaban J connectivity index is 1.06. The highest BCUT2D eigenvalue weighted by atomic mass is 16.5. The maximum absolute atomic E-state index is 14.0. The van der Waals surface area contributed by atoms with Crippen LogP contribution in [0.4, 0.5) is 10.5 Å². The first-order valence-corrected chi connectivity index (χ1v) is 19.5. The predicted molar refractivity (Wildman–Crippen MR) is 217 cm³/mol. The fraction of sp³-hybridized carbons (Fsp3) is 0.333. The van der Waals surface area contributed by atoms with Crippen LogP contribution in [0.25, 0.3) is 22.0 Å². The molecule has 11 heteroatoms. The number of hydrogen-bond donors (Lipinski definition) is 4. The predicted octanol–water partition coefficient (Wildman–Crippen LogP) is 6.40. The van der Waals surface area contributed by atoms with Crippen molar-refractivity contribution in [3.63, 3.8) is 0 Å². The van der Waals surface area contributed by atoms with Crippen LogP contribution in [0, 0.1) is 12.8 Å². The Morgan fingerprint density at radius 2 is 1.52 bits per heavy atom. The van der Waals surface area contributed by atoms with Gasteiger partial charge >= 0.3 is 6.09 Å². The highest BCUT2D eigenvalue weighted by molar-refractivity contribution is 5.99. The summed E-state index contributed by atoms with van der Waals surface area (Å²) >= 11 is 0. The van der Waals surface area contributed by atoms with E-state index in [-0.39, 0.29) is 31.3 Å². The maximum atomic E-state index is 14.0. The lowest BCUT2D eigenvalue weighted by atomic mass is 9.98. The van der Waals surface area contributed by atoms with Crippen molar-refractivity contribution in [1.29, 1.82) is 0 Å². The molecule has 1 fully saturated rings. The zero-order valence-corrected chi connectivity index (χ0v) is 31.7. The number of aromatic nitrogens is 1. The average Bonchev–Trinajstić information content (AvgIpc) is 3.98. The molecule has 1 heterocycles. The smallest absolute Gasteiger partial charge is 0.407 e. The number of nitrogens with two attached hydrogens (primary N) is 1. The van der Waals surface area contributed by atoms with Crippen LogP contribution in [0.1, 0.15) is 60.3 Å². The lowest BCUT2D eigenvalue weighted by Crippen LogP contribution is -2.54. The first kappa shape index (κ1) is 38.5. The van der Waals surface area contributed by atoms with Gasteiger partial charge in [0.25, 0.3) is 5.56 Å². The van der Waals surface area contributed by atoms with Gasteiger partial charge in [-0.2, -0.15) is 0 Å². The molecule has 2 aliphatic carbocycles. The number of amides is 3. The van der Waals surface area contributed by atoms with Crippen molar-refractivity contribution in [2.45, 2.75) is 70.2 Å². The molecule has 0 spiro atoms. The van der Waals surface area contributed by atoms with E-state index in [1.807, 2.05) is 85.8 Å². The summed E-state index contributed by atoms with van der Waals surface area (Å²) in [4.78, 5) is 54.3. The molecule has 1 saturated carbocycles. The van der Waals surface area contributed by atoms with Crippen molar-refractivity contribution in [1.82, 2.24) is 15.2 Å². The van der Waals surface area contributed by atoms with E-state index in [1.54, 1.807) is 16.7 Å². The normalized spacial score (nSPS) is 14.4. The van der Waals surface area contributed by atoms with Crippen LogP contribution in [0.15, 0.2) is 108 Å². The minimum absolute atomic E-state index is 0.0678. The van der Waals surface area contributed by atoms with Crippen LogP contribution in [-0.2, 0) is 32.2 Å². The third-order valence-electron chi connectivity index (χ3n) is 10.7. The molecule has 4 aromatic carbocycles. The molecule has 0 aliphatic heterocycles. The molecule has 0 unspecified atom stereocenters. The topological polar surface area (TPSA) is 154 Å². The number of carbonyl (C=O) groups excluding carboxylic acids is 3. The summed E-state index contributed by atoms with van der Waals surface area (Å²) in [5, 5.41) is 9.50. The van der Waals surface area contributed by atoms with Crippen molar-refractivity contribution < 1.29 is 23.9 Å². The van der Waals surface area contributed by atoms with Gasteiger partial charge in [-0.15, -0.1) is 0 Å². The molecule has 5 N–H and O–H groups in total. The number of aryl methyl sites for hydroxylation is 1. The highest BCUT2D eigenvalue weighted by Gasteiger charge is 2.31. The quantitative estimate of drug-likeness (QED) is 0.0802. The van der Waals surface area contributed by atoms with Crippen molar-refractivity contribution in [2.24, 2.45) is 11.7 Å². The molecular formula is C45H49N5O6. The van der Waals surface area contributed by atoms with Gasteiger partial charge in [0.05, 0.1) is 18.7 Å².